The molecule has 10 nitrogen and oxygen atoms in total. The highest BCUT2D eigenvalue weighted by molar-refractivity contribution is 6.25. The van der Waals surface area contributed by atoms with E-state index >= 15 is 0 Å². The number of ether oxygens (including phenoxy) is 1. The number of rotatable bonds is 5. The second-order valence-corrected chi connectivity index (χ2v) is 10.5. The van der Waals surface area contributed by atoms with Gasteiger partial charge in [-0.05, 0) is 67.9 Å². The van der Waals surface area contributed by atoms with Crippen LogP contribution in [0.5, 0.6) is 0 Å². The molecule has 2 N–H and O–H groups in total. The number of piperidine rings is 1. The average Bonchev–Trinajstić information content (AvgIpc) is 3.63. The number of carbonyl (C=O) groups is 4. The van der Waals surface area contributed by atoms with Crippen LogP contribution in [0.15, 0.2) is 36.5 Å². The predicted molar refractivity (Wildman–Crippen MR) is 137 cm³/mol. The van der Waals surface area contributed by atoms with Crippen molar-refractivity contribution in [2.24, 2.45) is 0 Å². The highest BCUT2D eigenvalue weighted by Gasteiger charge is 2.45. The van der Waals surface area contributed by atoms with Gasteiger partial charge in [0.05, 0.1) is 34.6 Å². The Morgan fingerprint density at radius 1 is 0.947 bits per heavy atom. The molecule has 38 heavy (non-hydrogen) atoms. The highest BCUT2D eigenvalue weighted by Crippen LogP contribution is 2.46. The Bertz CT molecular complexity index is 1520. The first-order valence-corrected chi connectivity index (χ1v) is 13.2. The van der Waals surface area contributed by atoms with E-state index in [0.717, 1.165) is 60.4 Å². The second kappa shape index (κ2) is 8.76. The monoisotopic (exact) mass is 513 g/mol. The zero-order valence-electron chi connectivity index (χ0n) is 20.7. The lowest BCUT2D eigenvalue weighted by Gasteiger charge is -2.27. The van der Waals surface area contributed by atoms with Gasteiger partial charge in [0.15, 0.2) is 0 Å². The Morgan fingerprint density at radius 3 is 2.53 bits per heavy atom. The molecule has 2 saturated heterocycles. The molecule has 3 aromatic rings. The van der Waals surface area contributed by atoms with Crippen molar-refractivity contribution in [1.29, 1.82) is 0 Å². The molecule has 1 saturated carbocycles. The van der Waals surface area contributed by atoms with Crippen molar-refractivity contribution in [3.8, 4) is 0 Å². The fourth-order valence-electron chi connectivity index (χ4n) is 5.93. The van der Waals surface area contributed by atoms with Crippen molar-refractivity contribution in [1.82, 2.24) is 20.0 Å². The summed E-state index contributed by atoms with van der Waals surface area (Å²) in [5.41, 5.74) is 4.18. The van der Waals surface area contributed by atoms with Crippen LogP contribution in [-0.2, 0) is 14.3 Å². The van der Waals surface area contributed by atoms with E-state index in [4.69, 9.17) is 9.84 Å². The smallest absolute Gasteiger partial charge is 0.264 e. The summed E-state index contributed by atoms with van der Waals surface area (Å²) in [6, 6.07) is 8.72. The number of nitrogens with zero attached hydrogens (tertiary/aromatic N) is 3. The summed E-state index contributed by atoms with van der Waals surface area (Å²) < 4.78 is 7.65. The maximum Gasteiger partial charge on any atom is 0.264 e. The van der Waals surface area contributed by atoms with E-state index < -0.39 is 29.7 Å². The first-order valence-electron chi connectivity index (χ1n) is 13.2. The van der Waals surface area contributed by atoms with Gasteiger partial charge in [0.1, 0.15) is 6.04 Å². The Morgan fingerprint density at radius 2 is 1.76 bits per heavy atom. The maximum absolute atomic E-state index is 13.5. The van der Waals surface area contributed by atoms with Gasteiger partial charge < -0.3 is 10.1 Å². The van der Waals surface area contributed by atoms with Crippen molar-refractivity contribution >= 4 is 45.9 Å². The van der Waals surface area contributed by atoms with Gasteiger partial charge in [0.25, 0.3) is 11.8 Å². The van der Waals surface area contributed by atoms with Crippen molar-refractivity contribution in [3.05, 3.63) is 53.2 Å². The second-order valence-electron chi connectivity index (χ2n) is 10.5. The average molecular weight is 514 g/mol. The van der Waals surface area contributed by atoms with Gasteiger partial charge in [-0.25, -0.2) is 0 Å². The quantitative estimate of drug-likeness (QED) is 0.501. The fraction of sp³-hybridized carbons (Fsp3) is 0.393. The Kier molecular flexibility index (Phi) is 5.33. The van der Waals surface area contributed by atoms with Crippen LogP contribution in [0.1, 0.15) is 76.8 Å². The molecular formula is C28H27N5O5. The molecule has 4 heterocycles. The molecule has 1 aliphatic carbocycles. The standard InChI is InChI=1S/C28H27N5O5/c34-24-7-6-22(26(35)31-24)32-27(36)18-2-1-3-20(25(18)28(32)37)30-21-12-16-14-29-33(17-8-10-38-11-9-17)23(16)13-19(21)15-4-5-15/h1-3,12-15,17,22,30H,4-11H2,(H,31,34,35). The van der Waals surface area contributed by atoms with Crippen LogP contribution in [0.25, 0.3) is 10.9 Å². The fourth-order valence-corrected chi connectivity index (χ4v) is 5.93. The molecular weight excluding hydrogens is 486 g/mol. The summed E-state index contributed by atoms with van der Waals surface area (Å²) in [4.78, 5) is 51.9. The van der Waals surface area contributed by atoms with Crippen LogP contribution >= 0.6 is 0 Å². The van der Waals surface area contributed by atoms with E-state index in [1.165, 1.54) is 5.56 Å². The van der Waals surface area contributed by atoms with Gasteiger partial charge >= 0.3 is 0 Å². The van der Waals surface area contributed by atoms with Gasteiger partial charge in [-0.2, -0.15) is 5.10 Å². The molecule has 3 fully saturated rings. The van der Waals surface area contributed by atoms with Crippen molar-refractivity contribution in [2.45, 2.75) is 56.5 Å². The Labute approximate surface area is 218 Å². The molecule has 10 heteroatoms. The van der Waals surface area contributed by atoms with Crippen LogP contribution in [-0.4, -0.2) is 57.6 Å². The molecule has 0 radical (unpaired) electrons. The number of nitrogens with one attached hydrogen (secondary N) is 2. The summed E-state index contributed by atoms with van der Waals surface area (Å²) in [5.74, 6) is -1.63. The lowest BCUT2D eigenvalue weighted by Crippen LogP contribution is -2.54. The molecule has 2 aromatic carbocycles. The SMILES string of the molecule is O=C1CCC(N2C(=O)c3cccc(Nc4cc5cnn(C6CCOCC6)c5cc4C4CC4)c3C2=O)C(=O)N1. The number of aromatic nitrogens is 2. The van der Waals surface area contributed by atoms with Crippen LogP contribution in [0.4, 0.5) is 11.4 Å². The zero-order chi connectivity index (χ0) is 26.0. The molecule has 7 rings (SSSR count). The van der Waals surface area contributed by atoms with Gasteiger partial charge in [-0.15, -0.1) is 0 Å². The molecule has 194 valence electrons. The minimum atomic E-state index is -0.998. The summed E-state index contributed by atoms with van der Waals surface area (Å²) in [5, 5.41) is 11.4. The van der Waals surface area contributed by atoms with Gasteiger partial charge in [0.2, 0.25) is 11.8 Å². The lowest BCUT2D eigenvalue weighted by molar-refractivity contribution is -0.136. The van der Waals surface area contributed by atoms with E-state index in [1.54, 1.807) is 18.2 Å². The number of carbonyl (C=O) groups excluding carboxylic acids is 4. The predicted octanol–water partition coefficient (Wildman–Crippen LogP) is 3.41. The highest BCUT2D eigenvalue weighted by atomic mass is 16.5. The normalized spacial score (nSPS) is 22.2. The first-order chi connectivity index (χ1) is 18.5. The zero-order valence-corrected chi connectivity index (χ0v) is 20.7. The van der Waals surface area contributed by atoms with Crippen LogP contribution in [0.2, 0.25) is 0 Å². The molecule has 3 aliphatic heterocycles. The summed E-state index contributed by atoms with van der Waals surface area (Å²) in [7, 11) is 0. The number of amides is 4. The number of anilines is 2. The maximum atomic E-state index is 13.5. The number of hydrogen-bond donors (Lipinski definition) is 2. The Hall–Kier alpha value is -4.05. The third-order valence-corrected chi connectivity index (χ3v) is 8.06. The van der Waals surface area contributed by atoms with E-state index in [1.807, 2.05) is 6.20 Å². The summed E-state index contributed by atoms with van der Waals surface area (Å²) in [6.45, 7) is 1.48. The molecule has 0 bridgehead atoms. The number of fused-ring (bicyclic) bond motifs is 2. The van der Waals surface area contributed by atoms with E-state index in [-0.39, 0.29) is 24.0 Å². The molecule has 0 spiro atoms. The molecule has 4 aliphatic rings. The van der Waals surface area contributed by atoms with Crippen molar-refractivity contribution in [3.63, 3.8) is 0 Å². The number of imide groups is 2. The van der Waals surface area contributed by atoms with E-state index in [9.17, 15) is 19.2 Å². The van der Waals surface area contributed by atoms with Crippen LogP contribution < -0.4 is 10.6 Å². The first kappa shape index (κ1) is 23.1. The number of benzene rings is 2. The number of hydrogen-bond acceptors (Lipinski definition) is 7. The van der Waals surface area contributed by atoms with Crippen molar-refractivity contribution < 1.29 is 23.9 Å². The summed E-state index contributed by atoms with van der Waals surface area (Å²) >= 11 is 0. The van der Waals surface area contributed by atoms with E-state index in [0.29, 0.717) is 17.6 Å². The van der Waals surface area contributed by atoms with Gasteiger partial charge in [0, 0.05) is 30.7 Å². The van der Waals surface area contributed by atoms with Crippen molar-refractivity contribution in [2.75, 3.05) is 18.5 Å². The third-order valence-electron chi connectivity index (χ3n) is 8.06. The molecule has 1 unspecified atom stereocenters. The largest absolute Gasteiger partial charge is 0.381 e. The minimum absolute atomic E-state index is 0.0846. The topological polar surface area (TPSA) is 123 Å². The van der Waals surface area contributed by atoms with Gasteiger partial charge in [-0.3, -0.25) is 34.1 Å². The molecule has 1 aromatic heterocycles. The lowest BCUT2D eigenvalue weighted by atomic mass is 10.0. The molecule has 4 amide bonds. The van der Waals surface area contributed by atoms with Crippen LogP contribution in [0.3, 0.4) is 0 Å². The Balaban J connectivity index is 1.24. The van der Waals surface area contributed by atoms with Gasteiger partial charge in [-0.1, -0.05) is 6.07 Å². The van der Waals surface area contributed by atoms with Crippen LogP contribution in [0, 0.1) is 0 Å². The minimum Gasteiger partial charge on any atom is -0.381 e. The molecule has 1 atom stereocenters. The third kappa shape index (κ3) is 3.70. The summed E-state index contributed by atoms with van der Waals surface area (Å²) in [6.07, 6.45) is 6.15. The van der Waals surface area contributed by atoms with E-state index in [2.05, 4.69) is 27.4 Å².